The van der Waals surface area contributed by atoms with Crippen molar-refractivity contribution in [2.45, 2.75) is 6.92 Å². The summed E-state index contributed by atoms with van der Waals surface area (Å²) in [4.78, 5) is 24.5. The number of rotatable bonds is 2. The summed E-state index contributed by atoms with van der Waals surface area (Å²) in [6, 6.07) is 16.8. The van der Waals surface area contributed by atoms with Crippen LogP contribution in [0.25, 0.3) is 39.2 Å². The van der Waals surface area contributed by atoms with Gasteiger partial charge in [-0.25, -0.2) is 9.97 Å². The Balaban J connectivity index is 1.58. The van der Waals surface area contributed by atoms with E-state index in [0.29, 0.717) is 16.7 Å². The van der Waals surface area contributed by atoms with E-state index in [1.54, 1.807) is 12.3 Å². The molecule has 3 heterocycles. The number of imidazole rings is 1. The Hall–Kier alpha value is -3.67. The first-order valence-electron chi connectivity index (χ1n) is 8.23. The molecule has 126 valence electrons. The number of nitrogens with one attached hydrogen (secondary N) is 1. The van der Waals surface area contributed by atoms with Crippen LogP contribution in [-0.4, -0.2) is 19.7 Å². The van der Waals surface area contributed by atoms with Gasteiger partial charge in [0, 0.05) is 11.8 Å². The topological polar surface area (TPSA) is 76.7 Å². The number of fused-ring (bicyclic) bond motifs is 2. The van der Waals surface area contributed by atoms with E-state index in [1.165, 1.54) is 4.74 Å². The SMILES string of the molecule is Cc1ccc2c(=O)n(-c3ccc(-c4nc5cccnc5[nH]4)cc3)oc2c1. The number of aromatic amines is 1. The Labute approximate surface area is 147 Å². The lowest BCUT2D eigenvalue weighted by Gasteiger charge is -2.01. The minimum absolute atomic E-state index is 0.166. The summed E-state index contributed by atoms with van der Waals surface area (Å²) < 4.78 is 7.04. The maximum atomic E-state index is 12.6. The third-order valence-electron chi connectivity index (χ3n) is 4.37. The number of benzene rings is 2. The van der Waals surface area contributed by atoms with Gasteiger partial charge in [0.25, 0.3) is 5.56 Å². The highest BCUT2D eigenvalue weighted by molar-refractivity contribution is 5.77. The molecule has 0 saturated carbocycles. The average molecular weight is 342 g/mol. The fourth-order valence-corrected chi connectivity index (χ4v) is 3.04. The van der Waals surface area contributed by atoms with E-state index in [0.717, 1.165) is 28.1 Å². The molecule has 0 spiro atoms. The van der Waals surface area contributed by atoms with Gasteiger partial charge in [0.05, 0.1) is 11.1 Å². The molecule has 0 bridgehead atoms. The van der Waals surface area contributed by atoms with Crippen molar-refractivity contribution < 1.29 is 4.52 Å². The lowest BCUT2D eigenvalue weighted by Crippen LogP contribution is -2.11. The normalized spacial score (nSPS) is 11.4. The first kappa shape index (κ1) is 14.7. The molecule has 5 rings (SSSR count). The lowest BCUT2D eigenvalue weighted by atomic mass is 10.2. The monoisotopic (exact) mass is 342 g/mol. The van der Waals surface area contributed by atoms with Gasteiger partial charge in [0.2, 0.25) is 0 Å². The van der Waals surface area contributed by atoms with Crippen LogP contribution in [-0.2, 0) is 0 Å². The van der Waals surface area contributed by atoms with Gasteiger partial charge in [0.15, 0.2) is 11.2 Å². The van der Waals surface area contributed by atoms with Crippen molar-refractivity contribution >= 4 is 22.1 Å². The summed E-state index contributed by atoms with van der Waals surface area (Å²) in [6.45, 7) is 1.97. The van der Waals surface area contributed by atoms with Crippen LogP contribution in [0.4, 0.5) is 0 Å². The number of aryl methyl sites for hydroxylation is 1. The highest BCUT2D eigenvalue weighted by atomic mass is 16.5. The van der Waals surface area contributed by atoms with Crippen LogP contribution in [0.3, 0.4) is 0 Å². The van der Waals surface area contributed by atoms with Crippen molar-refractivity contribution in [3.8, 4) is 17.1 Å². The molecule has 6 nitrogen and oxygen atoms in total. The van der Waals surface area contributed by atoms with E-state index in [9.17, 15) is 4.79 Å². The molecule has 0 aliphatic heterocycles. The second-order valence-corrected chi connectivity index (χ2v) is 6.19. The summed E-state index contributed by atoms with van der Waals surface area (Å²) in [7, 11) is 0. The molecule has 5 aromatic rings. The Kier molecular flexibility index (Phi) is 3.05. The molecule has 0 fully saturated rings. The third-order valence-corrected chi connectivity index (χ3v) is 4.37. The van der Waals surface area contributed by atoms with E-state index >= 15 is 0 Å². The number of nitrogens with zero attached hydrogens (tertiary/aromatic N) is 3. The third kappa shape index (κ3) is 2.23. The Bertz CT molecular complexity index is 1280. The zero-order valence-corrected chi connectivity index (χ0v) is 13.9. The van der Waals surface area contributed by atoms with Gasteiger partial charge in [-0.05, 0) is 61.0 Å². The van der Waals surface area contributed by atoms with Crippen molar-refractivity contribution in [1.82, 2.24) is 19.7 Å². The minimum Gasteiger partial charge on any atom is -0.371 e. The van der Waals surface area contributed by atoms with Crippen LogP contribution >= 0.6 is 0 Å². The van der Waals surface area contributed by atoms with Gasteiger partial charge in [-0.2, -0.15) is 0 Å². The van der Waals surface area contributed by atoms with Gasteiger partial charge in [-0.15, -0.1) is 4.74 Å². The molecule has 1 N–H and O–H groups in total. The molecular formula is C20H14N4O2. The molecule has 0 unspecified atom stereocenters. The van der Waals surface area contributed by atoms with Crippen LogP contribution in [0.1, 0.15) is 5.56 Å². The quantitative estimate of drug-likeness (QED) is 0.529. The molecule has 0 aliphatic carbocycles. The summed E-state index contributed by atoms with van der Waals surface area (Å²) in [5, 5.41) is 0.572. The van der Waals surface area contributed by atoms with Crippen molar-refractivity contribution in [1.29, 1.82) is 0 Å². The molecule has 0 aliphatic rings. The van der Waals surface area contributed by atoms with Crippen molar-refractivity contribution in [2.24, 2.45) is 0 Å². The van der Waals surface area contributed by atoms with E-state index in [4.69, 9.17) is 4.52 Å². The second kappa shape index (κ2) is 5.42. The number of H-pyrrole nitrogens is 1. The maximum Gasteiger partial charge on any atom is 0.295 e. The van der Waals surface area contributed by atoms with Crippen LogP contribution in [0.2, 0.25) is 0 Å². The molecule has 26 heavy (non-hydrogen) atoms. The number of aromatic nitrogens is 4. The number of pyridine rings is 1. The van der Waals surface area contributed by atoms with Crippen LogP contribution in [0, 0.1) is 6.92 Å². The van der Waals surface area contributed by atoms with Gasteiger partial charge in [0.1, 0.15) is 11.3 Å². The minimum atomic E-state index is -0.166. The Morgan fingerprint density at radius 1 is 1.08 bits per heavy atom. The summed E-state index contributed by atoms with van der Waals surface area (Å²) in [5.41, 5.74) is 4.61. The predicted octanol–water partition coefficient (Wildman–Crippen LogP) is 3.83. The van der Waals surface area contributed by atoms with Gasteiger partial charge >= 0.3 is 0 Å². The molecule has 2 aromatic carbocycles. The van der Waals surface area contributed by atoms with Gasteiger partial charge in [-0.1, -0.05) is 6.07 Å². The molecule has 0 atom stereocenters. The summed E-state index contributed by atoms with van der Waals surface area (Å²) in [5.74, 6) is 0.734. The second-order valence-electron chi connectivity index (χ2n) is 6.19. The largest absolute Gasteiger partial charge is 0.371 e. The molecule has 3 aromatic heterocycles. The Morgan fingerprint density at radius 2 is 1.92 bits per heavy atom. The molecular weight excluding hydrogens is 328 g/mol. The standard InChI is InChI=1S/C20H14N4O2/c1-12-4-9-15-17(11-12)26-24(20(15)25)14-7-5-13(6-8-14)18-22-16-3-2-10-21-19(16)23-18/h2-11H,1H3,(H,21,22,23). The van der Waals surface area contributed by atoms with Crippen molar-refractivity contribution in [3.05, 3.63) is 76.7 Å². The van der Waals surface area contributed by atoms with Gasteiger partial charge in [-0.3, -0.25) is 4.79 Å². The fraction of sp³-hybridized carbons (Fsp3) is 0.0500. The first-order valence-corrected chi connectivity index (χ1v) is 8.23. The zero-order valence-electron chi connectivity index (χ0n) is 13.9. The van der Waals surface area contributed by atoms with Crippen LogP contribution in [0.5, 0.6) is 0 Å². The molecule has 6 heteroatoms. The first-order chi connectivity index (χ1) is 12.7. The molecule has 0 saturated heterocycles. The molecule has 0 amide bonds. The van der Waals surface area contributed by atoms with Crippen molar-refractivity contribution in [2.75, 3.05) is 0 Å². The fourth-order valence-electron chi connectivity index (χ4n) is 3.04. The maximum absolute atomic E-state index is 12.6. The van der Waals surface area contributed by atoms with E-state index in [2.05, 4.69) is 15.0 Å². The highest BCUT2D eigenvalue weighted by Gasteiger charge is 2.12. The summed E-state index contributed by atoms with van der Waals surface area (Å²) >= 11 is 0. The number of hydrogen-bond acceptors (Lipinski definition) is 4. The Morgan fingerprint density at radius 3 is 2.73 bits per heavy atom. The zero-order chi connectivity index (χ0) is 17.7. The van der Waals surface area contributed by atoms with Crippen LogP contribution < -0.4 is 5.56 Å². The van der Waals surface area contributed by atoms with Crippen molar-refractivity contribution in [3.63, 3.8) is 0 Å². The highest BCUT2D eigenvalue weighted by Crippen LogP contribution is 2.22. The van der Waals surface area contributed by atoms with E-state index in [1.807, 2.05) is 55.5 Å². The van der Waals surface area contributed by atoms with Crippen LogP contribution in [0.15, 0.2) is 70.1 Å². The smallest absolute Gasteiger partial charge is 0.295 e. The van der Waals surface area contributed by atoms with Gasteiger partial charge < -0.3 is 9.51 Å². The summed E-state index contributed by atoms with van der Waals surface area (Å²) in [6.07, 6.45) is 1.73. The average Bonchev–Trinajstić information content (AvgIpc) is 3.23. The lowest BCUT2D eigenvalue weighted by molar-refractivity contribution is 0.368. The number of hydrogen-bond donors (Lipinski definition) is 1. The van der Waals surface area contributed by atoms with E-state index < -0.39 is 0 Å². The predicted molar refractivity (Wildman–Crippen MR) is 99.4 cm³/mol. The molecule has 0 radical (unpaired) electrons. The van der Waals surface area contributed by atoms with E-state index in [-0.39, 0.29) is 5.56 Å².